The third kappa shape index (κ3) is 5.86. The summed E-state index contributed by atoms with van der Waals surface area (Å²) in [4.78, 5) is 28.5. The van der Waals surface area contributed by atoms with Gasteiger partial charge in [0, 0.05) is 56.4 Å². The van der Waals surface area contributed by atoms with Crippen LogP contribution in [0, 0.1) is 19.7 Å². The van der Waals surface area contributed by atoms with Crippen LogP contribution in [-0.2, 0) is 0 Å². The minimum atomic E-state index is -0.763. The molecule has 1 aromatic heterocycles. The van der Waals surface area contributed by atoms with Crippen molar-refractivity contribution in [2.75, 3.05) is 39.3 Å². The molecule has 1 saturated heterocycles. The molecule has 38 heavy (non-hydrogen) atoms. The fraction of sp³-hybridized carbons (Fsp3) is 0.429. The molecule has 2 heterocycles. The molecule has 1 atom stereocenters. The normalized spacial score (nSPS) is 17.5. The molecule has 0 spiro atoms. The highest BCUT2D eigenvalue weighted by atomic mass is 35.5. The molecular weight excluding hydrogens is 511 g/mol. The monoisotopic (exact) mass is 542 g/mol. The van der Waals surface area contributed by atoms with Crippen LogP contribution in [0.15, 0.2) is 41.3 Å². The first-order chi connectivity index (χ1) is 18.2. The van der Waals surface area contributed by atoms with Gasteiger partial charge in [-0.2, -0.15) is 0 Å². The van der Waals surface area contributed by atoms with Crippen molar-refractivity contribution in [3.8, 4) is 5.75 Å². The van der Waals surface area contributed by atoms with E-state index in [0.29, 0.717) is 49.9 Å². The topological polar surface area (TPSA) is 87.0 Å². The smallest absolute Gasteiger partial charge is 0.271 e. The molecule has 202 valence electrons. The van der Waals surface area contributed by atoms with Crippen LogP contribution in [0.1, 0.15) is 40.4 Å². The van der Waals surface area contributed by atoms with Crippen molar-refractivity contribution >= 4 is 28.4 Å². The largest absolute Gasteiger partial charge is 0.491 e. The van der Waals surface area contributed by atoms with Crippen molar-refractivity contribution in [3.05, 3.63) is 74.3 Å². The lowest BCUT2D eigenvalue weighted by atomic mass is 10.0. The maximum atomic E-state index is 13.6. The van der Waals surface area contributed by atoms with E-state index in [-0.39, 0.29) is 22.6 Å². The Morgan fingerprint density at radius 3 is 2.55 bits per heavy atom. The second-order valence-electron chi connectivity index (χ2n) is 10.2. The summed E-state index contributed by atoms with van der Waals surface area (Å²) in [6.07, 6.45) is 3.04. The molecule has 1 amide bonds. The third-order valence-corrected chi connectivity index (χ3v) is 7.57. The molecule has 2 aromatic carbocycles. The molecule has 0 radical (unpaired) electrons. The molecule has 2 fully saturated rings. The predicted octanol–water partition coefficient (Wildman–Crippen LogP) is 3.45. The van der Waals surface area contributed by atoms with Crippen molar-refractivity contribution in [2.45, 2.75) is 38.8 Å². The number of carbonyl (C=O) groups is 1. The first kappa shape index (κ1) is 26.6. The molecule has 8 nitrogen and oxygen atoms in total. The van der Waals surface area contributed by atoms with E-state index in [1.54, 1.807) is 12.3 Å². The number of aryl methyl sites for hydroxylation is 2. The first-order valence-electron chi connectivity index (χ1n) is 12.9. The van der Waals surface area contributed by atoms with Gasteiger partial charge in [0.25, 0.3) is 5.91 Å². The van der Waals surface area contributed by atoms with Crippen LogP contribution in [0.2, 0.25) is 5.02 Å². The van der Waals surface area contributed by atoms with E-state index < -0.39 is 17.8 Å². The first-order valence-corrected chi connectivity index (χ1v) is 13.3. The molecule has 10 heteroatoms. The Kier molecular flexibility index (Phi) is 7.72. The maximum Gasteiger partial charge on any atom is 0.271 e. The van der Waals surface area contributed by atoms with Gasteiger partial charge in [0.05, 0.1) is 10.5 Å². The summed E-state index contributed by atoms with van der Waals surface area (Å²) in [6.45, 7) is 6.74. The van der Waals surface area contributed by atoms with Gasteiger partial charge in [-0.3, -0.25) is 19.9 Å². The van der Waals surface area contributed by atoms with Crippen LogP contribution in [-0.4, -0.2) is 70.9 Å². The lowest BCUT2D eigenvalue weighted by molar-refractivity contribution is 0.0316. The van der Waals surface area contributed by atoms with Crippen LogP contribution >= 0.6 is 11.6 Å². The van der Waals surface area contributed by atoms with Crippen molar-refractivity contribution < 1.29 is 19.0 Å². The highest BCUT2D eigenvalue weighted by molar-refractivity contribution is 6.30. The average Bonchev–Trinajstić information content (AvgIpc) is 3.73. The number of pyridine rings is 1. The fourth-order valence-corrected chi connectivity index (χ4v) is 4.90. The number of aromatic nitrogens is 1. The molecule has 2 N–H and O–H groups in total. The minimum Gasteiger partial charge on any atom is -0.491 e. The van der Waals surface area contributed by atoms with Gasteiger partial charge in [-0.05, 0) is 62.1 Å². The van der Waals surface area contributed by atoms with Gasteiger partial charge in [0.2, 0.25) is 5.43 Å². The lowest BCUT2D eigenvalue weighted by Gasteiger charge is -2.35. The van der Waals surface area contributed by atoms with Crippen LogP contribution in [0.25, 0.3) is 10.9 Å². The summed E-state index contributed by atoms with van der Waals surface area (Å²) >= 11 is 5.68. The summed E-state index contributed by atoms with van der Waals surface area (Å²) in [5.74, 6) is -0.669. The minimum absolute atomic E-state index is 0.0160. The van der Waals surface area contributed by atoms with Crippen LogP contribution in [0.5, 0.6) is 5.75 Å². The van der Waals surface area contributed by atoms with Crippen molar-refractivity contribution in [1.29, 1.82) is 0 Å². The molecular formula is C28H32ClFN4O4. The number of ether oxygens (including phenoxy) is 1. The quantitative estimate of drug-likeness (QED) is 0.453. The molecule has 0 bridgehead atoms. The summed E-state index contributed by atoms with van der Waals surface area (Å²) < 4.78 is 21.1. The average molecular weight is 543 g/mol. The number of aliphatic hydroxyl groups is 1. The van der Waals surface area contributed by atoms with E-state index in [9.17, 15) is 19.1 Å². The maximum absolute atomic E-state index is 13.6. The van der Waals surface area contributed by atoms with Crippen LogP contribution < -0.4 is 15.6 Å². The Balaban J connectivity index is 1.17. The number of piperazine rings is 1. The zero-order chi connectivity index (χ0) is 27.0. The van der Waals surface area contributed by atoms with Crippen LogP contribution in [0.4, 0.5) is 4.39 Å². The number of benzene rings is 2. The second kappa shape index (κ2) is 11.0. The van der Waals surface area contributed by atoms with Crippen molar-refractivity contribution in [2.24, 2.45) is 0 Å². The lowest BCUT2D eigenvalue weighted by Crippen LogP contribution is -2.55. The van der Waals surface area contributed by atoms with E-state index in [4.69, 9.17) is 16.3 Å². The number of halogens is 2. The number of nitrogens with zero attached hydrogens (tertiary/aromatic N) is 3. The van der Waals surface area contributed by atoms with Gasteiger partial charge < -0.3 is 14.4 Å². The zero-order valence-corrected chi connectivity index (χ0v) is 22.3. The molecule has 3 aromatic rings. The number of carbonyl (C=O) groups excluding carboxylic acids is 1. The summed E-state index contributed by atoms with van der Waals surface area (Å²) in [6, 6.07) is 8.40. The standard InChI is InChI=1S/C28H32ClFN4O4/c1-17-11-22-26(12-18(17)2)34(19-3-4-19)15-23(27(22)36)28(37)31-33-9-7-32(8-10-33)14-20(35)16-38-21-5-6-24(29)25(30)13-21/h5-6,11-13,15,19-20,35H,3-4,7-10,14,16H2,1-2H3,(H,31,37). The molecule has 5 rings (SSSR count). The molecule has 2 aliphatic rings. The van der Waals surface area contributed by atoms with Gasteiger partial charge in [0.15, 0.2) is 0 Å². The van der Waals surface area contributed by atoms with E-state index in [0.717, 1.165) is 29.5 Å². The van der Waals surface area contributed by atoms with Gasteiger partial charge >= 0.3 is 0 Å². The second-order valence-corrected chi connectivity index (χ2v) is 10.6. The van der Waals surface area contributed by atoms with E-state index in [1.807, 2.05) is 31.0 Å². The Bertz CT molecular complexity index is 1420. The van der Waals surface area contributed by atoms with Gasteiger partial charge in [0.1, 0.15) is 29.8 Å². The number of rotatable bonds is 8. The Morgan fingerprint density at radius 2 is 1.87 bits per heavy atom. The van der Waals surface area contributed by atoms with E-state index in [2.05, 4.69) is 14.9 Å². The highest BCUT2D eigenvalue weighted by Crippen LogP contribution is 2.37. The summed E-state index contributed by atoms with van der Waals surface area (Å²) in [5.41, 5.74) is 5.84. The SMILES string of the molecule is Cc1cc2c(=O)c(C(=O)NN3CCN(CC(O)COc4ccc(Cl)c(F)c4)CC3)cn(C3CC3)c2cc1C. The fourth-order valence-electron chi connectivity index (χ4n) is 4.78. The number of amides is 1. The number of fused-ring (bicyclic) bond motifs is 1. The zero-order valence-electron chi connectivity index (χ0n) is 21.5. The number of nitrogens with one attached hydrogen (secondary N) is 1. The van der Waals surface area contributed by atoms with Gasteiger partial charge in [-0.1, -0.05) is 11.6 Å². The predicted molar refractivity (Wildman–Crippen MR) is 144 cm³/mol. The molecule has 1 unspecified atom stereocenters. The van der Waals surface area contributed by atoms with Crippen LogP contribution in [0.3, 0.4) is 0 Å². The Morgan fingerprint density at radius 1 is 1.16 bits per heavy atom. The Hall–Kier alpha value is -2.98. The van der Waals surface area contributed by atoms with E-state index >= 15 is 0 Å². The number of hydrogen-bond acceptors (Lipinski definition) is 6. The highest BCUT2D eigenvalue weighted by Gasteiger charge is 2.28. The van der Waals surface area contributed by atoms with Gasteiger partial charge in [-0.25, -0.2) is 9.40 Å². The Labute approximate surface area is 225 Å². The molecule has 1 aliphatic carbocycles. The van der Waals surface area contributed by atoms with Crippen molar-refractivity contribution in [3.63, 3.8) is 0 Å². The number of β-amino-alcohol motifs (C(OH)–C–C–N with tert-alkyl or cyclic N) is 1. The number of hydrazine groups is 1. The molecule has 1 aliphatic heterocycles. The number of aliphatic hydroxyl groups excluding tert-OH is 1. The number of hydrogen-bond donors (Lipinski definition) is 2. The summed E-state index contributed by atoms with van der Waals surface area (Å²) in [7, 11) is 0. The van der Waals surface area contributed by atoms with Crippen molar-refractivity contribution in [1.82, 2.24) is 19.9 Å². The van der Waals surface area contributed by atoms with E-state index in [1.165, 1.54) is 12.1 Å². The van der Waals surface area contributed by atoms with Gasteiger partial charge in [-0.15, -0.1) is 0 Å². The summed E-state index contributed by atoms with van der Waals surface area (Å²) in [5, 5.41) is 12.8. The third-order valence-electron chi connectivity index (χ3n) is 7.27. The molecule has 1 saturated carbocycles.